The first-order chi connectivity index (χ1) is 11.3. The molecule has 4 heteroatoms. The van der Waals surface area contributed by atoms with Crippen LogP contribution >= 0.6 is 0 Å². The maximum atomic E-state index is 5.17. The van der Waals surface area contributed by atoms with Gasteiger partial charge in [-0.25, -0.2) is 4.98 Å². The summed E-state index contributed by atoms with van der Waals surface area (Å²) in [6, 6.07) is 8.37. The Hall–Kier alpha value is -1.78. The summed E-state index contributed by atoms with van der Waals surface area (Å²) in [5, 5.41) is 0. The molecular weight excluding hydrogens is 286 g/mol. The van der Waals surface area contributed by atoms with Crippen molar-refractivity contribution in [2.24, 2.45) is 0 Å². The standard InChI is InChI=1S/C19H25N3O/c1-15-5-3-4-6-17(15)19-14-20-13-18(21-19)16-7-9-22(10-8-16)11-12-23-2/h3-6,13-14,16H,7-12H2,1-2H3. The van der Waals surface area contributed by atoms with Crippen molar-refractivity contribution >= 4 is 0 Å². The van der Waals surface area contributed by atoms with E-state index in [9.17, 15) is 0 Å². The lowest BCUT2D eigenvalue weighted by Crippen LogP contribution is -2.35. The van der Waals surface area contributed by atoms with E-state index in [4.69, 9.17) is 9.72 Å². The van der Waals surface area contributed by atoms with E-state index in [1.807, 2.05) is 12.4 Å². The van der Waals surface area contributed by atoms with Gasteiger partial charge in [-0.05, 0) is 38.4 Å². The summed E-state index contributed by atoms with van der Waals surface area (Å²) in [6.45, 7) is 6.19. The van der Waals surface area contributed by atoms with E-state index in [0.29, 0.717) is 5.92 Å². The highest BCUT2D eigenvalue weighted by molar-refractivity contribution is 5.62. The zero-order chi connectivity index (χ0) is 16.1. The van der Waals surface area contributed by atoms with Crippen LogP contribution in [0.3, 0.4) is 0 Å². The molecular formula is C19H25N3O. The number of ether oxygens (including phenoxy) is 1. The largest absolute Gasteiger partial charge is 0.383 e. The molecule has 1 saturated heterocycles. The predicted octanol–water partition coefficient (Wildman–Crippen LogP) is 3.28. The Morgan fingerprint density at radius 3 is 2.70 bits per heavy atom. The van der Waals surface area contributed by atoms with Crippen molar-refractivity contribution in [2.75, 3.05) is 33.4 Å². The molecule has 0 unspecified atom stereocenters. The van der Waals surface area contributed by atoms with Gasteiger partial charge in [0, 0.05) is 31.3 Å². The van der Waals surface area contributed by atoms with Gasteiger partial charge in [-0.15, -0.1) is 0 Å². The Balaban J connectivity index is 1.70. The minimum absolute atomic E-state index is 0.519. The highest BCUT2D eigenvalue weighted by Gasteiger charge is 2.22. The van der Waals surface area contributed by atoms with Crippen molar-refractivity contribution in [1.29, 1.82) is 0 Å². The number of hydrogen-bond donors (Lipinski definition) is 0. The van der Waals surface area contributed by atoms with Crippen LogP contribution in [0.1, 0.15) is 30.0 Å². The van der Waals surface area contributed by atoms with E-state index in [2.05, 4.69) is 41.1 Å². The van der Waals surface area contributed by atoms with E-state index < -0.39 is 0 Å². The highest BCUT2D eigenvalue weighted by atomic mass is 16.5. The van der Waals surface area contributed by atoms with Crippen LogP contribution in [0.15, 0.2) is 36.7 Å². The molecule has 2 aromatic rings. The second-order valence-corrected chi connectivity index (χ2v) is 6.25. The molecule has 0 aliphatic carbocycles. The molecule has 3 rings (SSSR count). The third-order valence-electron chi connectivity index (χ3n) is 4.69. The Kier molecular flexibility index (Phi) is 5.36. The number of piperidine rings is 1. The fraction of sp³-hybridized carbons (Fsp3) is 0.474. The predicted molar refractivity (Wildman–Crippen MR) is 92.5 cm³/mol. The molecule has 1 fully saturated rings. The van der Waals surface area contributed by atoms with Gasteiger partial charge in [0.25, 0.3) is 0 Å². The first-order valence-electron chi connectivity index (χ1n) is 8.37. The van der Waals surface area contributed by atoms with Gasteiger partial charge in [0.1, 0.15) is 0 Å². The second-order valence-electron chi connectivity index (χ2n) is 6.25. The number of rotatable bonds is 5. The minimum atomic E-state index is 0.519. The first-order valence-corrected chi connectivity index (χ1v) is 8.37. The Labute approximate surface area is 138 Å². The van der Waals surface area contributed by atoms with Crippen LogP contribution < -0.4 is 0 Å². The van der Waals surface area contributed by atoms with E-state index in [1.54, 1.807) is 7.11 Å². The summed E-state index contributed by atoms with van der Waals surface area (Å²) in [4.78, 5) is 11.8. The molecule has 0 saturated carbocycles. The van der Waals surface area contributed by atoms with E-state index >= 15 is 0 Å². The van der Waals surface area contributed by atoms with E-state index in [-0.39, 0.29) is 0 Å². The topological polar surface area (TPSA) is 38.2 Å². The highest BCUT2D eigenvalue weighted by Crippen LogP contribution is 2.28. The average Bonchev–Trinajstić information content (AvgIpc) is 2.61. The zero-order valence-corrected chi connectivity index (χ0v) is 14.0. The Morgan fingerprint density at radius 1 is 1.17 bits per heavy atom. The van der Waals surface area contributed by atoms with Crippen LogP contribution in [0.25, 0.3) is 11.3 Å². The summed E-state index contributed by atoms with van der Waals surface area (Å²) in [7, 11) is 1.76. The molecule has 1 aliphatic heterocycles. The maximum Gasteiger partial charge on any atom is 0.0891 e. The molecule has 0 atom stereocenters. The smallest absolute Gasteiger partial charge is 0.0891 e. The first kappa shape index (κ1) is 16.1. The number of likely N-dealkylation sites (tertiary alicyclic amines) is 1. The van der Waals surface area contributed by atoms with Crippen LogP contribution in [-0.4, -0.2) is 48.2 Å². The molecule has 1 aromatic heterocycles. The van der Waals surface area contributed by atoms with Crippen molar-refractivity contribution < 1.29 is 4.74 Å². The normalized spacial score (nSPS) is 16.6. The third kappa shape index (κ3) is 3.95. The van der Waals surface area contributed by atoms with Crippen LogP contribution in [0.5, 0.6) is 0 Å². The molecule has 0 N–H and O–H groups in total. The number of nitrogens with zero attached hydrogens (tertiary/aromatic N) is 3. The summed E-state index contributed by atoms with van der Waals surface area (Å²) in [5.74, 6) is 0.519. The lowest BCUT2D eigenvalue weighted by Gasteiger charge is -2.31. The van der Waals surface area contributed by atoms with Crippen molar-refractivity contribution in [3.05, 3.63) is 47.9 Å². The summed E-state index contributed by atoms with van der Waals surface area (Å²) in [5.41, 5.74) is 4.55. The number of aryl methyl sites for hydroxylation is 1. The van der Waals surface area contributed by atoms with Crippen LogP contribution in [-0.2, 0) is 4.74 Å². The Bertz CT molecular complexity index is 636. The SMILES string of the molecule is COCCN1CCC(c2cncc(-c3ccccc3C)n2)CC1. The molecule has 0 amide bonds. The van der Waals surface area contributed by atoms with Gasteiger partial charge in [-0.2, -0.15) is 0 Å². The third-order valence-corrected chi connectivity index (χ3v) is 4.69. The molecule has 1 aromatic carbocycles. The summed E-state index contributed by atoms with van der Waals surface area (Å²) < 4.78 is 5.17. The van der Waals surface area contributed by atoms with Gasteiger partial charge in [-0.1, -0.05) is 24.3 Å². The number of benzene rings is 1. The minimum Gasteiger partial charge on any atom is -0.383 e. The number of aromatic nitrogens is 2. The van der Waals surface area contributed by atoms with Gasteiger partial charge < -0.3 is 9.64 Å². The van der Waals surface area contributed by atoms with Crippen LogP contribution in [0, 0.1) is 6.92 Å². The lowest BCUT2D eigenvalue weighted by molar-refractivity contribution is 0.130. The summed E-state index contributed by atoms with van der Waals surface area (Å²) in [6.07, 6.45) is 6.11. The van der Waals surface area contributed by atoms with Gasteiger partial charge in [0.15, 0.2) is 0 Å². The van der Waals surface area contributed by atoms with Gasteiger partial charge in [0.05, 0.1) is 24.2 Å². The molecule has 122 valence electrons. The maximum absolute atomic E-state index is 5.17. The van der Waals surface area contributed by atoms with Crippen molar-refractivity contribution in [2.45, 2.75) is 25.7 Å². The fourth-order valence-electron chi connectivity index (χ4n) is 3.24. The van der Waals surface area contributed by atoms with Crippen molar-refractivity contribution in [3.63, 3.8) is 0 Å². The average molecular weight is 311 g/mol. The molecule has 23 heavy (non-hydrogen) atoms. The van der Waals surface area contributed by atoms with Gasteiger partial charge in [0.2, 0.25) is 0 Å². The van der Waals surface area contributed by atoms with E-state index in [1.165, 1.54) is 11.1 Å². The molecule has 1 aliphatic rings. The number of methoxy groups -OCH3 is 1. The monoisotopic (exact) mass is 311 g/mol. The quantitative estimate of drug-likeness (QED) is 0.849. The van der Waals surface area contributed by atoms with Gasteiger partial charge in [-0.3, -0.25) is 4.98 Å². The zero-order valence-electron chi connectivity index (χ0n) is 14.0. The van der Waals surface area contributed by atoms with Crippen molar-refractivity contribution in [1.82, 2.24) is 14.9 Å². The van der Waals surface area contributed by atoms with Crippen molar-refractivity contribution in [3.8, 4) is 11.3 Å². The van der Waals surface area contributed by atoms with Crippen LogP contribution in [0.4, 0.5) is 0 Å². The van der Waals surface area contributed by atoms with E-state index in [0.717, 1.165) is 50.5 Å². The Morgan fingerprint density at radius 2 is 1.96 bits per heavy atom. The molecule has 2 heterocycles. The molecule has 4 nitrogen and oxygen atoms in total. The lowest BCUT2D eigenvalue weighted by atomic mass is 9.93. The molecule has 0 spiro atoms. The fourth-order valence-corrected chi connectivity index (χ4v) is 3.24. The number of hydrogen-bond acceptors (Lipinski definition) is 4. The second kappa shape index (κ2) is 7.66. The van der Waals surface area contributed by atoms with Gasteiger partial charge >= 0.3 is 0 Å². The van der Waals surface area contributed by atoms with Crippen LogP contribution in [0.2, 0.25) is 0 Å². The molecule has 0 radical (unpaired) electrons. The molecule has 0 bridgehead atoms. The summed E-state index contributed by atoms with van der Waals surface area (Å²) >= 11 is 0.